The summed E-state index contributed by atoms with van der Waals surface area (Å²) in [5, 5.41) is 9.15. The van der Waals surface area contributed by atoms with Crippen LogP contribution in [0.4, 0.5) is 19.0 Å². The third kappa shape index (κ3) is 4.39. The average molecular weight is 361 g/mol. The normalized spacial score (nSPS) is 21.6. The maximum Gasteiger partial charge on any atom is 0.394 e. The van der Waals surface area contributed by atoms with Crippen molar-refractivity contribution in [2.75, 3.05) is 25.1 Å². The molecule has 0 saturated carbocycles. The average Bonchev–Trinajstić information content (AvgIpc) is 2.92. The molecule has 1 saturated heterocycles. The Labute approximate surface area is 144 Å². The minimum atomic E-state index is -4.58. The predicted molar refractivity (Wildman–Crippen MR) is 84.3 cm³/mol. The highest BCUT2D eigenvalue weighted by molar-refractivity contribution is 5.72. The van der Waals surface area contributed by atoms with Gasteiger partial charge in [0.2, 0.25) is 0 Å². The number of methoxy groups -OCH3 is 1. The Hall–Kier alpha value is -1.90. The van der Waals surface area contributed by atoms with Gasteiger partial charge < -0.3 is 14.7 Å². The number of hydrogen-bond donors (Lipinski definition) is 1. The van der Waals surface area contributed by atoms with Crippen LogP contribution in [0.5, 0.6) is 0 Å². The van der Waals surface area contributed by atoms with Crippen molar-refractivity contribution < 1.29 is 27.8 Å². The first-order valence-electron chi connectivity index (χ1n) is 7.85. The van der Waals surface area contributed by atoms with E-state index in [1.165, 1.54) is 12.0 Å². The second-order valence-electron chi connectivity index (χ2n) is 7.22. The molecule has 1 N–H and O–H groups in total. The summed E-state index contributed by atoms with van der Waals surface area (Å²) >= 11 is 0. The first-order valence-corrected chi connectivity index (χ1v) is 7.85. The summed E-state index contributed by atoms with van der Waals surface area (Å²) in [5.41, 5.74) is 0.133. The van der Waals surface area contributed by atoms with Gasteiger partial charge in [0.05, 0.1) is 24.1 Å². The fourth-order valence-corrected chi connectivity index (χ4v) is 2.78. The summed E-state index contributed by atoms with van der Waals surface area (Å²) in [4.78, 5) is 21.4. The Bertz CT molecular complexity index is 644. The Morgan fingerprint density at radius 1 is 1.32 bits per heavy atom. The van der Waals surface area contributed by atoms with Crippen LogP contribution >= 0.6 is 0 Å². The van der Waals surface area contributed by atoms with E-state index in [-0.39, 0.29) is 13.2 Å². The second-order valence-corrected chi connectivity index (χ2v) is 7.22. The Morgan fingerprint density at radius 2 is 1.96 bits per heavy atom. The van der Waals surface area contributed by atoms with E-state index >= 15 is 0 Å². The summed E-state index contributed by atoms with van der Waals surface area (Å²) in [7, 11) is 1.49. The van der Waals surface area contributed by atoms with Gasteiger partial charge in [0.25, 0.3) is 0 Å². The van der Waals surface area contributed by atoms with Crippen molar-refractivity contribution in [2.45, 2.75) is 39.0 Å². The highest BCUT2D eigenvalue weighted by Crippen LogP contribution is 2.39. The van der Waals surface area contributed by atoms with E-state index < -0.39 is 35.9 Å². The van der Waals surface area contributed by atoms with Gasteiger partial charge in [-0.2, -0.15) is 13.2 Å². The summed E-state index contributed by atoms with van der Waals surface area (Å²) in [6.07, 6.45) is -4.58. The summed E-state index contributed by atoms with van der Waals surface area (Å²) in [5.74, 6) is -4.13. The molecule has 0 unspecified atom stereocenters. The van der Waals surface area contributed by atoms with Crippen LogP contribution in [0.2, 0.25) is 0 Å². The lowest BCUT2D eigenvalue weighted by Gasteiger charge is -2.23. The maximum atomic E-state index is 13.2. The fourth-order valence-electron chi connectivity index (χ4n) is 2.78. The van der Waals surface area contributed by atoms with E-state index in [1.807, 2.05) is 20.8 Å². The van der Waals surface area contributed by atoms with Gasteiger partial charge in [-0.15, -0.1) is 0 Å². The molecule has 1 fully saturated rings. The quantitative estimate of drug-likeness (QED) is 0.889. The predicted octanol–water partition coefficient (Wildman–Crippen LogP) is 2.62. The van der Waals surface area contributed by atoms with Crippen LogP contribution in [0.3, 0.4) is 0 Å². The molecular weight excluding hydrogens is 339 g/mol. The zero-order valence-corrected chi connectivity index (χ0v) is 14.6. The molecule has 0 bridgehead atoms. The number of aliphatic carboxylic acids is 1. The third-order valence-electron chi connectivity index (χ3n) is 4.11. The van der Waals surface area contributed by atoms with Crippen LogP contribution < -0.4 is 4.90 Å². The van der Waals surface area contributed by atoms with Crippen molar-refractivity contribution in [1.29, 1.82) is 0 Å². The van der Waals surface area contributed by atoms with Gasteiger partial charge in [-0.3, -0.25) is 4.79 Å². The van der Waals surface area contributed by atoms with Gasteiger partial charge >= 0.3 is 12.1 Å². The number of nitrogens with zero attached hydrogens (tertiary/aromatic N) is 3. The molecule has 25 heavy (non-hydrogen) atoms. The van der Waals surface area contributed by atoms with E-state index in [9.17, 15) is 18.0 Å². The number of anilines is 1. The molecule has 1 aromatic heterocycles. The minimum Gasteiger partial charge on any atom is -0.481 e. The molecule has 0 amide bonds. The highest BCUT2D eigenvalue weighted by atomic mass is 19.4. The number of hydrogen-bond acceptors (Lipinski definition) is 5. The minimum absolute atomic E-state index is 0.192. The Balaban J connectivity index is 2.40. The summed E-state index contributed by atoms with van der Waals surface area (Å²) in [6.45, 7) is 5.19. The van der Waals surface area contributed by atoms with Gasteiger partial charge in [0.15, 0.2) is 0 Å². The zero-order chi connectivity index (χ0) is 19.0. The van der Waals surface area contributed by atoms with Gasteiger partial charge in [-0.05, 0) is 0 Å². The topological polar surface area (TPSA) is 75.5 Å². The molecule has 0 aromatic carbocycles. The van der Waals surface area contributed by atoms with Crippen molar-refractivity contribution in [3.8, 4) is 0 Å². The molecule has 2 rings (SSSR count). The number of carbonyl (C=O) groups is 1. The summed E-state index contributed by atoms with van der Waals surface area (Å²) < 4.78 is 44.6. The number of alkyl halides is 3. The fraction of sp³-hybridized carbons (Fsp3) is 0.688. The number of halogens is 3. The molecule has 2 heterocycles. The first kappa shape index (κ1) is 19.4. The van der Waals surface area contributed by atoms with Crippen LogP contribution in [0.15, 0.2) is 6.07 Å². The van der Waals surface area contributed by atoms with Gasteiger partial charge in [0, 0.05) is 31.7 Å². The van der Waals surface area contributed by atoms with Crippen LogP contribution in [0, 0.1) is 11.8 Å². The molecule has 1 aliphatic heterocycles. The number of ether oxygens (including phenoxy) is 1. The third-order valence-corrected chi connectivity index (χ3v) is 4.11. The zero-order valence-electron chi connectivity index (χ0n) is 14.6. The first-order chi connectivity index (χ1) is 11.4. The molecule has 9 heteroatoms. The number of rotatable bonds is 4. The molecule has 6 nitrogen and oxygen atoms in total. The molecule has 140 valence electrons. The molecular formula is C16H22F3N3O3. The van der Waals surface area contributed by atoms with Gasteiger partial charge in [0.1, 0.15) is 11.6 Å². The smallest absolute Gasteiger partial charge is 0.394 e. The van der Waals surface area contributed by atoms with E-state index in [2.05, 4.69) is 9.97 Å². The van der Waals surface area contributed by atoms with Gasteiger partial charge in [-0.1, -0.05) is 20.8 Å². The SMILES string of the molecule is COCc1cc(N2C[C@@H](C(F)(F)F)[C@H](C(=O)O)C2)nc(C(C)(C)C)n1. The number of carboxylic acids is 1. The lowest BCUT2D eigenvalue weighted by Crippen LogP contribution is -2.33. The van der Waals surface area contributed by atoms with Crippen molar-refractivity contribution in [2.24, 2.45) is 11.8 Å². The monoisotopic (exact) mass is 361 g/mol. The standard InChI is InChI=1S/C16H22F3N3O3/c1-15(2,3)14-20-9(8-25-4)5-12(21-14)22-6-10(13(23)24)11(7-22)16(17,18)19/h5,10-11H,6-8H2,1-4H3,(H,23,24)/t10-,11-/m1/s1. The van der Waals surface area contributed by atoms with E-state index in [1.54, 1.807) is 6.07 Å². The van der Waals surface area contributed by atoms with Crippen LogP contribution in [-0.2, 0) is 21.6 Å². The lowest BCUT2D eigenvalue weighted by atomic mass is 9.95. The van der Waals surface area contributed by atoms with Crippen molar-refractivity contribution in [3.05, 3.63) is 17.6 Å². The van der Waals surface area contributed by atoms with E-state index in [0.29, 0.717) is 17.3 Å². The molecule has 1 aromatic rings. The van der Waals surface area contributed by atoms with Crippen molar-refractivity contribution in [1.82, 2.24) is 9.97 Å². The van der Waals surface area contributed by atoms with Gasteiger partial charge in [-0.25, -0.2) is 9.97 Å². The second kappa shape index (κ2) is 6.78. The van der Waals surface area contributed by atoms with E-state index in [0.717, 1.165) is 0 Å². The van der Waals surface area contributed by atoms with Crippen LogP contribution in [-0.4, -0.2) is 47.4 Å². The van der Waals surface area contributed by atoms with Crippen LogP contribution in [0.1, 0.15) is 32.3 Å². The largest absolute Gasteiger partial charge is 0.481 e. The highest BCUT2D eigenvalue weighted by Gasteiger charge is 2.53. The van der Waals surface area contributed by atoms with E-state index in [4.69, 9.17) is 9.84 Å². The van der Waals surface area contributed by atoms with Crippen molar-refractivity contribution >= 4 is 11.8 Å². The molecule has 0 spiro atoms. The molecule has 2 atom stereocenters. The molecule has 0 aliphatic carbocycles. The molecule has 1 aliphatic rings. The lowest BCUT2D eigenvalue weighted by molar-refractivity contribution is -0.187. The number of aromatic nitrogens is 2. The maximum absolute atomic E-state index is 13.2. The Kier molecular flexibility index (Phi) is 5.27. The number of carboxylic acid groups (broad SMARTS) is 1. The molecule has 0 radical (unpaired) electrons. The van der Waals surface area contributed by atoms with Crippen molar-refractivity contribution in [3.63, 3.8) is 0 Å². The Morgan fingerprint density at radius 3 is 2.40 bits per heavy atom. The van der Waals surface area contributed by atoms with Crippen LogP contribution in [0.25, 0.3) is 0 Å². The summed E-state index contributed by atoms with van der Waals surface area (Å²) in [6, 6.07) is 1.55.